The minimum Gasteiger partial charge on any atom is -0.359 e. The summed E-state index contributed by atoms with van der Waals surface area (Å²) in [7, 11) is 0. The largest absolute Gasteiger partial charge is 0.359 e. The highest BCUT2D eigenvalue weighted by atomic mass is 16.5. The van der Waals surface area contributed by atoms with E-state index >= 15 is 0 Å². The Balaban J connectivity index is 1.41. The second kappa shape index (κ2) is 8.28. The Bertz CT molecular complexity index is 1340. The molecule has 3 amide bonds. The quantitative estimate of drug-likeness (QED) is 0.628. The van der Waals surface area contributed by atoms with Crippen LogP contribution in [-0.2, 0) is 32.0 Å². The summed E-state index contributed by atoms with van der Waals surface area (Å²) in [6.45, 7) is 7.67. The number of anilines is 2. The van der Waals surface area contributed by atoms with Crippen molar-refractivity contribution in [3.63, 3.8) is 0 Å². The number of nitrogens with one attached hydrogen (secondary N) is 2. The Hall–Kier alpha value is -3.45. The Morgan fingerprint density at radius 2 is 1.81 bits per heavy atom. The van der Waals surface area contributed by atoms with Crippen molar-refractivity contribution in [3.05, 3.63) is 71.3 Å². The maximum absolute atomic E-state index is 14.2. The van der Waals surface area contributed by atoms with Crippen LogP contribution in [-0.4, -0.2) is 41.0 Å². The van der Waals surface area contributed by atoms with E-state index in [0.29, 0.717) is 11.4 Å². The third-order valence-corrected chi connectivity index (χ3v) is 8.09. The van der Waals surface area contributed by atoms with Gasteiger partial charge in [-0.05, 0) is 81.8 Å². The van der Waals surface area contributed by atoms with Crippen LogP contribution in [0.15, 0.2) is 54.6 Å². The average Bonchev–Trinajstić information content (AvgIpc) is 3.59. The smallest absolute Gasteiger partial charge is 0.246 e. The highest BCUT2D eigenvalue weighted by molar-refractivity contribution is 6.11. The number of carbonyl (C=O) groups excluding carboxylic acids is 3. The van der Waals surface area contributed by atoms with E-state index in [1.807, 2.05) is 76.2 Å². The maximum Gasteiger partial charge on any atom is 0.246 e. The Kier molecular flexibility index (Phi) is 5.35. The first-order chi connectivity index (χ1) is 17.6. The molecule has 0 unspecified atom stereocenters. The van der Waals surface area contributed by atoms with Crippen LogP contribution in [0.2, 0.25) is 0 Å². The zero-order valence-electron chi connectivity index (χ0n) is 21.7. The molecule has 2 aromatic rings. The van der Waals surface area contributed by atoms with E-state index in [0.717, 1.165) is 24.8 Å². The number of para-hydroxylation sites is 1. The Morgan fingerprint density at radius 3 is 2.57 bits per heavy atom. The zero-order chi connectivity index (χ0) is 26.1. The molecule has 0 saturated carbocycles. The molecule has 37 heavy (non-hydrogen) atoms. The molecule has 0 radical (unpaired) electrons. The summed E-state index contributed by atoms with van der Waals surface area (Å²) in [5.74, 6) is -2.33. The molecule has 4 aliphatic rings. The van der Waals surface area contributed by atoms with Gasteiger partial charge in [-0.3, -0.25) is 19.3 Å². The molecule has 192 valence electrons. The van der Waals surface area contributed by atoms with Gasteiger partial charge in [0.05, 0.1) is 17.9 Å². The van der Waals surface area contributed by atoms with Crippen molar-refractivity contribution in [1.82, 2.24) is 5.32 Å². The molecule has 3 heterocycles. The van der Waals surface area contributed by atoms with Crippen LogP contribution in [0.5, 0.6) is 0 Å². The monoisotopic (exact) mass is 499 g/mol. The summed E-state index contributed by atoms with van der Waals surface area (Å²) in [6.07, 6.45) is 6.19. The predicted molar refractivity (Wildman–Crippen MR) is 141 cm³/mol. The predicted octanol–water partition coefficient (Wildman–Crippen LogP) is 3.69. The van der Waals surface area contributed by atoms with Gasteiger partial charge in [0.2, 0.25) is 17.7 Å². The van der Waals surface area contributed by atoms with E-state index in [1.165, 1.54) is 11.1 Å². The fourth-order valence-electron chi connectivity index (χ4n) is 6.53. The van der Waals surface area contributed by atoms with Gasteiger partial charge in [0, 0.05) is 16.9 Å². The summed E-state index contributed by atoms with van der Waals surface area (Å²) < 4.78 is 6.45. The van der Waals surface area contributed by atoms with Crippen molar-refractivity contribution < 1.29 is 19.1 Å². The van der Waals surface area contributed by atoms with Crippen LogP contribution in [0.25, 0.3) is 0 Å². The zero-order valence-corrected chi connectivity index (χ0v) is 21.7. The van der Waals surface area contributed by atoms with Crippen molar-refractivity contribution in [1.29, 1.82) is 0 Å². The number of carbonyl (C=O) groups is 3. The van der Waals surface area contributed by atoms with Crippen LogP contribution in [0.3, 0.4) is 0 Å². The highest BCUT2D eigenvalue weighted by Crippen LogP contribution is 2.56. The van der Waals surface area contributed by atoms with E-state index in [-0.39, 0.29) is 17.7 Å². The molecule has 2 bridgehead atoms. The SMILES string of the molecule is Cc1ccccc1NC(=O)[C@@H]1[C@H]2C=C[C@@]3(O2)[C@H]1C(=O)N(c1ccc2c(c1)CCC2)[C@@H]3C(=O)NC(C)(C)C. The second-order valence-electron chi connectivity index (χ2n) is 11.8. The third kappa shape index (κ3) is 3.71. The van der Waals surface area contributed by atoms with Gasteiger partial charge in [-0.1, -0.05) is 36.4 Å². The summed E-state index contributed by atoms with van der Waals surface area (Å²) in [5.41, 5.74) is 3.12. The molecule has 7 heteroatoms. The summed E-state index contributed by atoms with van der Waals surface area (Å²) in [5, 5.41) is 6.08. The van der Waals surface area contributed by atoms with Crippen LogP contribution in [0, 0.1) is 18.8 Å². The van der Waals surface area contributed by atoms with Crippen molar-refractivity contribution in [3.8, 4) is 0 Å². The van der Waals surface area contributed by atoms with Gasteiger partial charge in [0.25, 0.3) is 0 Å². The van der Waals surface area contributed by atoms with Crippen molar-refractivity contribution in [2.24, 2.45) is 11.8 Å². The van der Waals surface area contributed by atoms with Gasteiger partial charge in [-0.15, -0.1) is 0 Å². The lowest BCUT2D eigenvalue weighted by Gasteiger charge is -2.34. The number of benzene rings is 2. The second-order valence-corrected chi connectivity index (χ2v) is 11.8. The number of hydrogen-bond donors (Lipinski definition) is 2. The fourth-order valence-corrected chi connectivity index (χ4v) is 6.53. The van der Waals surface area contributed by atoms with E-state index in [1.54, 1.807) is 4.90 Å². The standard InChI is InChI=1S/C30H33N3O4/c1-17-8-5-6-11-21(17)31-26(34)23-22-14-15-30(37-22)24(23)28(36)33(25(30)27(35)32-29(2,3)4)20-13-12-18-9-7-10-19(18)16-20/h5-6,8,11-16,22-25H,7,9-10H2,1-4H3,(H,31,34)(H,32,35)/t22-,23-,24-,25-,30-/m1/s1. The molecule has 5 atom stereocenters. The fraction of sp³-hybridized carbons (Fsp3) is 0.433. The molecule has 7 nitrogen and oxygen atoms in total. The molecule has 3 aliphatic heterocycles. The number of nitrogens with zero attached hydrogens (tertiary/aromatic N) is 1. The lowest BCUT2D eigenvalue weighted by Crippen LogP contribution is -2.58. The molecule has 2 aromatic carbocycles. The summed E-state index contributed by atoms with van der Waals surface area (Å²) >= 11 is 0. The maximum atomic E-state index is 14.2. The third-order valence-electron chi connectivity index (χ3n) is 8.09. The molecule has 1 spiro atoms. The number of amides is 3. The van der Waals surface area contributed by atoms with Gasteiger partial charge < -0.3 is 15.4 Å². The number of ether oxygens (including phenoxy) is 1. The van der Waals surface area contributed by atoms with Gasteiger partial charge in [-0.25, -0.2) is 0 Å². The van der Waals surface area contributed by atoms with Crippen molar-refractivity contribution in [2.75, 3.05) is 10.2 Å². The van der Waals surface area contributed by atoms with Gasteiger partial charge in [0.15, 0.2) is 0 Å². The Labute approximate surface area is 217 Å². The van der Waals surface area contributed by atoms with Crippen LogP contribution in [0.1, 0.15) is 43.9 Å². The molecule has 2 fully saturated rings. The van der Waals surface area contributed by atoms with Crippen LogP contribution in [0.4, 0.5) is 11.4 Å². The summed E-state index contributed by atoms with van der Waals surface area (Å²) in [4.78, 5) is 43.3. The minimum absolute atomic E-state index is 0.246. The molecule has 1 aliphatic carbocycles. The number of aryl methyl sites for hydroxylation is 3. The molecular formula is C30H33N3O4. The molecule has 2 saturated heterocycles. The molecule has 0 aromatic heterocycles. The van der Waals surface area contributed by atoms with E-state index < -0.39 is 35.1 Å². The first kappa shape index (κ1) is 23.9. The van der Waals surface area contributed by atoms with Crippen LogP contribution < -0.4 is 15.5 Å². The lowest BCUT2D eigenvalue weighted by atomic mass is 9.74. The first-order valence-corrected chi connectivity index (χ1v) is 13.1. The van der Waals surface area contributed by atoms with Crippen LogP contribution >= 0.6 is 0 Å². The topological polar surface area (TPSA) is 87.7 Å². The minimum atomic E-state index is -1.20. The van der Waals surface area contributed by atoms with E-state index in [9.17, 15) is 14.4 Å². The Morgan fingerprint density at radius 1 is 1.05 bits per heavy atom. The normalized spacial score (nSPS) is 29.4. The average molecular weight is 500 g/mol. The summed E-state index contributed by atoms with van der Waals surface area (Å²) in [6, 6.07) is 12.7. The lowest BCUT2D eigenvalue weighted by molar-refractivity contribution is -0.129. The number of rotatable bonds is 4. The van der Waals surface area contributed by atoms with E-state index in [4.69, 9.17) is 4.74 Å². The molecule has 6 rings (SSSR count). The number of fused-ring (bicyclic) bond motifs is 2. The van der Waals surface area contributed by atoms with Gasteiger partial charge in [0.1, 0.15) is 11.6 Å². The van der Waals surface area contributed by atoms with Gasteiger partial charge >= 0.3 is 0 Å². The van der Waals surface area contributed by atoms with Gasteiger partial charge in [-0.2, -0.15) is 0 Å². The number of hydrogen-bond acceptors (Lipinski definition) is 4. The molecule has 2 N–H and O–H groups in total. The van der Waals surface area contributed by atoms with Crippen molar-refractivity contribution >= 4 is 29.1 Å². The van der Waals surface area contributed by atoms with Crippen molar-refractivity contribution in [2.45, 2.75) is 70.2 Å². The van der Waals surface area contributed by atoms with E-state index in [2.05, 4.69) is 16.7 Å². The highest BCUT2D eigenvalue weighted by Gasteiger charge is 2.73. The molecular weight excluding hydrogens is 466 g/mol. The first-order valence-electron chi connectivity index (χ1n) is 13.1.